The lowest BCUT2D eigenvalue weighted by Crippen LogP contribution is -2.38. The average molecular weight is 425 g/mol. The van der Waals surface area contributed by atoms with Gasteiger partial charge in [0.25, 0.3) is 0 Å². The Hall–Kier alpha value is -2.80. The Morgan fingerprint density at radius 2 is 1.80 bits per heavy atom. The minimum absolute atomic E-state index is 0.00885. The van der Waals surface area contributed by atoms with E-state index in [1.54, 1.807) is 7.11 Å². The molecule has 0 saturated carbocycles. The molecule has 1 amide bonds. The summed E-state index contributed by atoms with van der Waals surface area (Å²) in [6, 6.07) is 18.1. The van der Waals surface area contributed by atoms with Crippen molar-refractivity contribution in [2.24, 2.45) is 7.05 Å². The van der Waals surface area contributed by atoms with E-state index in [9.17, 15) is 4.79 Å². The molecule has 0 aliphatic heterocycles. The standard InChI is InChI=1S/C23H28N4O2S/c1-16(10-11-18-8-6-5-7-9-18)24-22(28)17(2)30-23-26-25-21(27(23)3)19-12-14-20(29-4)15-13-19/h5-9,12-17H,10-11H2,1-4H3,(H,24,28)/t16-,17-/m1/s1. The number of nitrogens with one attached hydrogen (secondary N) is 1. The third-order valence-corrected chi connectivity index (χ3v) is 6.07. The first-order valence-electron chi connectivity index (χ1n) is 10.0. The number of amides is 1. The van der Waals surface area contributed by atoms with Gasteiger partial charge in [-0.05, 0) is 56.5 Å². The van der Waals surface area contributed by atoms with Crippen LogP contribution in [0.5, 0.6) is 5.75 Å². The number of nitrogens with zero attached hydrogens (tertiary/aromatic N) is 3. The van der Waals surface area contributed by atoms with Gasteiger partial charge in [-0.3, -0.25) is 4.79 Å². The van der Waals surface area contributed by atoms with Crippen LogP contribution in [-0.4, -0.2) is 39.1 Å². The second kappa shape index (κ2) is 10.3. The zero-order valence-electron chi connectivity index (χ0n) is 17.8. The summed E-state index contributed by atoms with van der Waals surface area (Å²) in [6.45, 7) is 3.94. The fraction of sp³-hybridized carbons (Fsp3) is 0.348. The molecule has 0 saturated heterocycles. The van der Waals surface area contributed by atoms with Crippen LogP contribution in [0, 0.1) is 0 Å². The van der Waals surface area contributed by atoms with Crippen LogP contribution in [-0.2, 0) is 18.3 Å². The Labute approximate surface area is 182 Å². The first-order chi connectivity index (χ1) is 14.5. The van der Waals surface area contributed by atoms with Gasteiger partial charge in [0, 0.05) is 18.7 Å². The van der Waals surface area contributed by atoms with Gasteiger partial charge in [-0.2, -0.15) is 0 Å². The lowest BCUT2D eigenvalue weighted by Gasteiger charge is -2.17. The van der Waals surface area contributed by atoms with Crippen LogP contribution in [0.3, 0.4) is 0 Å². The number of thioether (sulfide) groups is 1. The summed E-state index contributed by atoms with van der Waals surface area (Å²) in [4.78, 5) is 12.6. The monoisotopic (exact) mass is 424 g/mol. The second-order valence-corrected chi connectivity index (χ2v) is 8.60. The molecule has 0 unspecified atom stereocenters. The maximum Gasteiger partial charge on any atom is 0.233 e. The second-order valence-electron chi connectivity index (χ2n) is 7.29. The highest BCUT2D eigenvalue weighted by molar-refractivity contribution is 8.00. The molecule has 0 aliphatic carbocycles. The number of hydrogen-bond donors (Lipinski definition) is 1. The molecule has 30 heavy (non-hydrogen) atoms. The maximum absolute atomic E-state index is 12.6. The van der Waals surface area contributed by atoms with Crippen LogP contribution in [0.1, 0.15) is 25.8 Å². The summed E-state index contributed by atoms with van der Waals surface area (Å²) in [5.74, 6) is 1.56. The Kier molecular flexibility index (Phi) is 7.52. The summed E-state index contributed by atoms with van der Waals surface area (Å²) < 4.78 is 7.11. The van der Waals surface area contributed by atoms with Gasteiger partial charge in [0.1, 0.15) is 5.75 Å². The zero-order chi connectivity index (χ0) is 21.5. The summed E-state index contributed by atoms with van der Waals surface area (Å²) in [6.07, 6.45) is 1.84. The molecule has 2 aromatic carbocycles. The van der Waals surface area contributed by atoms with Gasteiger partial charge in [0.05, 0.1) is 12.4 Å². The molecule has 1 aromatic heterocycles. The fourth-order valence-corrected chi connectivity index (χ4v) is 3.90. The smallest absolute Gasteiger partial charge is 0.233 e. The van der Waals surface area contributed by atoms with Crippen molar-refractivity contribution in [3.63, 3.8) is 0 Å². The maximum atomic E-state index is 12.6. The highest BCUT2D eigenvalue weighted by Gasteiger charge is 2.20. The first-order valence-corrected chi connectivity index (χ1v) is 10.9. The van der Waals surface area contributed by atoms with Gasteiger partial charge in [-0.1, -0.05) is 42.1 Å². The van der Waals surface area contributed by atoms with Crippen molar-refractivity contribution in [2.75, 3.05) is 7.11 Å². The molecule has 1 heterocycles. The molecule has 0 radical (unpaired) electrons. The quantitative estimate of drug-likeness (QED) is 0.524. The molecule has 3 rings (SSSR count). The predicted molar refractivity (Wildman–Crippen MR) is 121 cm³/mol. The van der Waals surface area contributed by atoms with E-state index in [-0.39, 0.29) is 17.2 Å². The number of ether oxygens (including phenoxy) is 1. The molecule has 7 heteroatoms. The van der Waals surface area contributed by atoms with Crippen LogP contribution < -0.4 is 10.1 Å². The van der Waals surface area contributed by atoms with Crippen molar-refractivity contribution in [2.45, 2.75) is 43.1 Å². The molecule has 6 nitrogen and oxygen atoms in total. The Balaban J connectivity index is 1.55. The molecule has 0 fully saturated rings. The van der Waals surface area contributed by atoms with Crippen LogP contribution in [0.25, 0.3) is 11.4 Å². The van der Waals surface area contributed by atoms with Gasteiger partial charge < -0.3 is 14.6 Å². The summed E-state index contributed by atoms with van der Waals surface area (Å²) in [5.41, 5.74) is 2.23. The predicted octanol–water partition coefficient (Wildman–Crippen LogP) is 4.11. The van der Waals surface area contributed by atoms with Crippen molar-refractivity contribution in [3.05, 3.63) is 60.2 Å². The molecule has 2 atom stereocenters. The van der Waals surface area contributed by atoms with Crippen molar-refractivity contribution in [1.29, 1.82) is 0 Å². The number of hydrogen-bond acceptors (Lipinski definition) is 5. The van der Waals surface area contributed by atoms with Crippen molar-refractivity contribution < 1.29 is 9.53 Å². The SMILES string of the molecule is COc1ccc(-c2nnc(S[C@H](C)C(=O)N[C@H](C)CCc3ccccc3)n2C)cc1. The molecule has 158 valence electrons. The van der Waals surface area contributed by atoms with E-state index in [1.165, 1.54) is 17.3 Å². The van der Waals surface area contributed by atoms with Crippen molar-refractivity contribution in [3.8, 4) is 17.1 Å². The van der Waals surface area contributed by atoms with E-state index in [2.05, 4.69) is 27.6 Å². The summed E-state index contributed by atoms with van der Waals surface area (Å²) in [5, 5.41) is 12.1. The Bertz CT molecular complexity index is 957. The molecular weight excluding hydrogens is 396 g/mol. The van der Waals surface area contributed by atoms with E-state index >= 15 is 0 Å². The number of aryl methyl sites for hydroxylation is 1. The molecule has 0 aliphatic rings. The average Bonchev–Trinajstić information content (AvgIpc) is 3.13. The number of benzene rings is 2. The van der Waals surface area contributed by atoms with Crippen LogP contribution in [0.15, 0.2) is 59.8 Å². The number of rotatable bonds is 9. The van der Waals surface area contributed by atoms with E-state index in [0.717, 1.165) is 30.0 Å². The Morgan fingerprint density at radius 1 is 1.10 bits per heavy atom. The summed E-state index contributed by atoms with van der Waals surface area (Å²) in [7, 11) is 3.55. The van der Waals surface area contributed by atoms with Gasteiger partial charge >= 0.3 is 0 Å². The minimum Gasteiger partial charge on any atom is -0.497 e. The van der Waals surface area contributed by atoms with E-state index in [1.807, 2.05) is 67.9 Å². The van der Waals surface area contributed by atoms with Gasteiger partial charge in [0.2, 0.25) is 5.91 Å². The van der Waals surface area contributed by atoms with Crippen LogP contribution in [0.2, 0.25) is 0 Å². The normalized spacial score (nSPS) is 12.9. The number of carbonyl (C=O) groups excluding carboxylic acids is 1. The first kappa shape index (κ1) is 21.9. The van der Waals surface area contributed by atoms with E-state index in [4.69, 9.17) is 4.74 Å². The van der Waals surface area contributed by atoms with Crippen LogP contribution >= 0.6 is 11.8 Å². The third kappa shape index (κ3) is 5.63. The molecule has 0 spiro atoms. The van der Waals surface area contributed by atoms with Gasteiger partial charge in [-0.25, -0.2) is 0 Å². The lowest BCUT2D eigenvalue weighted by atomic mass is 10.1. The van der Waals surface area contributed by atoms with Crippen molar-refractivity contribution in [1.82, 2.24) is 20.1 Å². The highest BCUT2D eigenvalue weighted by Crippen LogP contribution is 2.26. The number of carbonyl (C=O) groups is 1. The third-order valence-electron chi connectivity index (χ3n) is 4.93. The molecule has 0 bridgehead atoms. The number of aromatic nitrogens is 3. The van der Waals surface area contributed by atoms with E-state index in [0.29, 0.717) is 5.16 Å². The topological polar surface area (TPSA) is 69.0 Å². The lowest BCUT2D eigenvalue weighted by molar-refractivity contribution is -0.120. The highest BCUT2D eigenvalue weighted by atomic mass is 32.2. The van der Waals surface area contributed by atoms with Gasteiger partial charge in [0.15, 0.2) is 11.0 Å². The molecule has 1 N–H and O–H groups in total. The van der Waals surface area contributed by atoms with Gasteiger partial charge in [-0.15, -0.1) is 10.2 Å². The minimum atomic E-state index is -0.268. The molecular formula is C23H28N4O2S. The molecule has 3 aromatic rings. The zero-order valence-corrected chi connectivity index (χ0v) is 18.6. The van der Waals surface area contributed by atoms with E-state index < -0.39 is 0 Å². The Morgan fingerprint density at radius 3 is 2.47 bits per heavy atom. The summed E-state index contributed by atoms with van der Waals surface area (Å²) >= 11 is 1.41. The van der Waals surface area contributed by atoms with Crippen LogP contribution in [0.4, 0.5) is 0 Å². The number of methoxy groups -OCH3 is 1. The fourth-order valence-electron chi connectivity index (χ4n) is 3.08. The largest absolute Gasteiger partial charge is 0.497 e. The van der Waals surface area contributed by atoms with Crippen molar-refractivity contribution >= 4 is 17.7 Å².